The Labute approximate surface area is 90.7 Å². The monoisotopic (exact) mass is 206 g/mol. The Morgan fingerprint density at radius 1 is 1.53 bits per heavy atom. The van der Waals surface area contributed by atoms with Gasteiger partial charge in [0.15, 0.2) is 0 Å². The summed E-state index contributed by atoms with van der Waals surface area (Å²) in [5.74, 6) is 0.110. The molecule has 82 valence electrons. The maximum atomic E-state index is 11.7. The SMILES string of the molecule is CCCC(C)C(=O)Nc1cccc(N)c1. The van der Waals surface area contributed by atoms with Gasteiger partial charge in [-0.15, -0.1) is 0 Å². The van der Waals surface area contributed by atoms with Gasteiger partial charge in [0.2, 0.25) is 5.91 Å². The molecule has 1 rings (SSSR count). The molecule has 1 unspecified atom stereocenters. The van der Waals surface area contributed by atoms with Crippen molar-refractivity contribution in [2.75, 3.05) is 11.1 Å². The Morgan fingerprint density at radius 3 is 2.87 bits per heavy atom. The predicted molar refractivity (Wildman–Crippen MR) is 63.6 cm³/mol. The van der Waals surface area contributed by atoms with Crippen molar-refractivity contribution in [2.45, 2.75) is 26.7 Å². The average Bonchev–Trinajstić information content (AvgIpc) is 2.18. The summed E-state index contributed by atoms with van der Waals surface area (Å²) in [6.07, 6.45) is 1.93. The predicted octanol–water partition coefficient (Wildman–Crippen LogP) is 2.64. The molecule has 3 heteroatoms. The highest BCUT2D eigenvalue weighted by Crippen LogP contribution is 2.14. The van der Waals surface area contributed by atoms with Gasteiger partial charge in [0.05, 0.1) is 0 Å². The first kappa shape index (κ1) is 11.6. The molecule has 1 aromatic rings. The maximum absolute atomic E-state index is 11.7. The van der Waals surface area contributed by atoms with Crippen LogP contribution in [0.5, 0.6) is 0 Å². The number of anilines is 2. The standard InChI is InChI=1S/C12H18N2O/c1-3-5-9(2)12(15)14-11-7-4-6-10(13)8-11/h4,6-9H,3,5,13H2,1-2H3,(H,14,15). The summed E-state index contributed by atoms with van der Waals surface area (Å²) in [4.78, 5) is 11.7. The fourth-order valence-electron chi connectivity index (χ4n) is 1.45. The second-order valence-electron chi connectivity index (χ2n) is 3.80. The summed E-state index contributed by atoms with van der Waals surface area (Å²) in [6.45, 7) is 4.01. The van der Waals surface area contributed by atoms with Crippen LogP contribution in [0.4, 0.5) is 11.4 Å². The Bertz CT molecular complexity index is 336. The van der Waals surface area contributed by atoms with Gasteiger partial charge >= 0.3 is 0 Å². The van der Waals surface area contributed by atoms with Crippen LogP contribution >= 0.6 is 0 Å². The normalized spacial score (nSPS) is 12.1. The lowest BCUT2D eigenvalue weighted by molar-refractivity contribution is -0.119. The van der Waals surface area contributed by atoms with Crippen LogP contribution in [0.1, 0.15) is 26.7 Å². The lowest BCUT2D eigenvalue weighted by Gasteiger charge is -2.11. The topological polar surface area (TPSA) is 55.1 Å². The molecule has 0 aliphatic rings. The van der Waals surface area contributed by atoms with Crippen LogP contribution in [-0.2, 0) is 4.79 Å². The highest BCUT2D eigenvalue weighted by Gasteiger charge is 2.11. The molecule has 0 bridgehead atoms. The van der Waals surface area contributed by atoms with Gasteiger partial charge in [0.1, 0.15) is 0 Å². The third kappa shape index (κ3) is 3.62. The molecule has 0 saturated carbocycles. The average molecular weight is 206 g/mol. The van der Waals surface area contributed by atoms with Gasteiger partial charge in [-0.3, -0.25) is 4.79 Å². The lowest BCUT2D eigenvalue weighted by Crippen LogP contribution is -2.20. The minimum atomic E-state index is 0.0523. The van der Waals surface area contributed by atoms with Crippen molar-refractivity contribution in [3.05, 3.63) is 24.3 Å². The van der Waals surface area contributed by atoms with Gasteiger partial charge in [0.25, 0.3) is 0 Å². The van der Waals surface area contributed by atoms with Crippen molar-refractivity contribution >= 4 is 17.3 Å². The second-order valence-corrected chi connectivity index (χ2v) is 3.80. The Kier molecular flexibility index (Phi) is 4.16. The minimum Gasteiger partial charge on any atom is -0.399 e. The van der Waals surface area contributed by atoms with Gasteiger partial charge in [-0.1, -0.05) is 26.3 Å². The number of hydrogen-bond acceptors (Lipinski definition) is 2. The van der Waals surface area contributed by atoms with Crippen molar-refractivity contribution in [2.24, 2.45) is 5.92 Å². The molecule has 0 spiro atoms. The van der Waals surface area contributed by atoms with Gasteiger partial charge < -0.3 is 11.1 Å². The van der Waals surface area contributed by atoms with Crippen molar-refractivity contribution < 1.29 is 4.79 Å². The number of benzene rings is 1. The number of carbonyl (C=O) groups is 1. The number of rotatable bonds is 4. The Balaban J connectivity index is 2.58. The highest BCUT2D eigenvalue weighted by molar-refractivity contribution is 5.92. The van der Waals surface area contributed by atoms with Crippen LogP contribution in [0.15, 0.2) is 24.3 Å². The summed E-state index contributed by atoms with van der Waals surface area (Å²) >= 11 is 0. The van der Waals surface area contributed by atoms with Crippen LogP contribution in [0, 0.1) is 5.92 Å². The number of amides is 1. The van der Waals surface area contributed by atoms with Crippen LogP contribution in [0.3, 0.4) is 0 Å². The summed E-state index contributed by atoms with van der Waals surface area (Å²) < 4.78 is 0. The first-order chi connectivity index (χ1) is 7.13. The minimum absolute atomic E-state index is 0.0523. The highest BCUT2D eigenvalue weighted by atomic mass is 16.1. The van der Waals surface area contributed by atoms with Gasteiger partial charge in [-0.05, 0) is 24.6 Å². The molecule has 1 amide bonds. The molecule has 0 aliphatic heterocycles. The molecule has 15 heavy (non-hydrogen) atoms. The zero-order valence-electron chi connectivity index (χ0n) is 9.29. The summed E-state index contributed by atoms with van der Waals surface area (Å²) in [7, 11) is 0. The maximum Gasteiger partial charge on any atom is 0.227 e. The summed E-state index contributed by atoms with van der Waals surface area (Å²) in [5.41, 5.74) is 7.05. The van der Waals surface area contributed by atoms with Crippen LogP contribution in [0.25, 0.3) is 0 Å². The van der Waals surface area contributed by atoms with Crippen molar-refractivity contribution in [1.82, 2.24) is 0 Å². The van der Waals surface area contributed by atoms with Crippen molar-refractivity contribution in [1.29, 1.82) is 0 Å². The second kappa shape index (κ2) is 5.39. The molecule has 0 radical (unpaired) electrons. The van der Waals surface area contributed by atoms with Gasteiger partial charge in [-0.2, -0.15) is 0 Å². The van der Waals surface area contributed by atoms with E-state index in [2.05, 4.69) is 12.2 Å². The fraction of sp³-hybridized carbons (Fsp3) is 0.417. The van der Waals surface area contributed by atoms with E-state index in [1.807, 2.05) is 19.1 Å². The summed E-state index contributed by atoms with van der Waals surface area (Å²) in [6, 6.07) is 7.23. The molecule has 0 aliphatic carbocycles. The van der Waals surface area contributed by atoms with Crippen LogP contribution in [-0.4, -0.2) is 5.91 Å². The quantitative estimate of drug-likeness (QED) is 0.744. The molecule has 0 heterocycles. The number of hydrogen-bond donors (Lipinski definition) is 2. The fourth-order valence-corrected chi connectivity index (χ4v) is 1.45. The van der Waals surface area contributed by atoms with E-state index in [0.29, 0.717) is 5.69 Å². The molecular formula is C12H18N2O. The number of nitrogens with two attached hydrogens (primary N) is 1. The molecule has 1 aromatic carbocycles. The largest absolute Gasteiger partial charge is 0.399 e. The molecule has 3 N–H and O–H groups in total. The van der Waals surface area contributed by atoms with Gasteiger partial charge in [-0.25, -0.2) is 0 Å². The Hall–Kier alpha value is -1.51. The van der Waals surface area contributed by atoms with E-state index < -0.39 is 0 Å². The Morgan fingerprint density at radius 2 is 2.27 bits per heavy atom. The molecule has 3 nitrogen and oxygen atoms in total. The van der Waals surface area contributed by atoms with E-state index in [9.17, 15) is 4.79 Å². The van der Waals surface area contributed by atoms with Crippen LogP contribution in [0.2, 0.25) is 0 Å². The van der Waals surface area contributed by atoms with E-state index in [0.717, 1.165) is 18.5 Å². The van der Waals surface area contributed by atoms with Crippen LogP contribution < -0.4 is 11.1 Å². The molecule has 0 aromatic heterocycles. The number of carbonyl (C=O) groups excluding carboxylic acids is 1. The van der Waals surface area contributed by atoms with E-state index in [1.54, 1.807) is 12.1 Å². The first-order valence-electron chi connectivity index (χ1n) is 5.30. The summed E-state index contributed by atoms with van der Waals surface area (Å²) in [5, 5.41) is 2.85. The first-order valence-corrected chi connectivity index (χ1v) is 5.30. The molecule has 0 saturated heterocycles. The zero-order valence-corrected chi connectivity index (χ0v) is 9.29. The van der Waals surface area contributed by atoms with E-state index in [-0.39, 0.29) is 11.8 Å². The van der Waals surface area contributed by atoms with Crippen molar-refractivity contribution in [3.63, 3.8) is 0 Å². The van der Waals surface area contributed by atoms with E-state index in [1.165, 1.54) is 0 Å². The molecular weight excluding hydrogens is 188 g/mol. The smallest absolute Gasteiger partial charge is 0.227 e. The molecule has 1 atom stereocenters. The lowest BCUT2D eigenvalue weighted by atomic mass is 10.1. The van der Waals surface area contributed by atoms with Gasteiger partial charge in [0, 0.05) is 17.3 Å². The van der Waals surface area contributed by atoms with E-state index >= 15 is 0 Å². The number of nitrogen functional groups attached to an aromatic ring is 1. The van der Waals surface area contributed by atoms with Crippen molar-refractivity contribution in [3.8, 4) is 0 Å². The molecule has 0 fully saturated rings. The van der Waals surface area contributed by atoms with E-state index in [4.69, 9.17) is 5.73 Å². The zero-order chi connectivity index (χ0) is 11.3. The third-order valence-corrected chi connectivity index (χ3v) is 2.32. The third-order valence-electron chi connectivity index (χ3n) is 2.32. The number of nitrogens with one attached hydrogen (secondary N) is 1.